The van der Waals surface area contributed by atoms with Gasteiger partial charge in [0.1, 0.15) is 0 Å². The van der Waals surface area contributed by atoms with Gasteiger partial charge in [0.2, 0.25) is 0 Å². The molecule has 3 rings (SSSR count). The van der Waals surface area contributed by atoms with E-state index in [-0.39, 0.29) is 11.8 Å². The van der Waals surface area contributed by atoms with E-state index >= 15 is 0 Å². The number of halogens is 2. The molecule has 0 aromatic heterocycles. The van der Waals surface area contributed by atoms with E-state index < -0.39 is 5.82 Å². The Hall–Kier alpha value is -0.650. The first-order valence-corrected chi connectivity index (χ1v) is 9.09. The number of benzene rings is 1. The van der Waals surface area contributed by atoms with Crippen molar-refractivity contribution < 1.29 is 9.50 Å². The van der Waals surface area contributed by atoms with E-state index in [1.165, 1.54) is 25.3 Å². The van der Waals surface area contributed by atoms with Crippen LogP contribution in [-0.4, -0.2) is 36.2 Å². The van der Waals surface area contributed by atoms with Gasteiger partial charge in [-0.2, -0.15) is 0 Å². The maximum Gasteiger partial charge on any atom is 0.165 e. The molecule has 1 heterocycles. The van der Waals surface area contributed by atoms with Crippen LogP contribution in [0.1, 0.15) is 43.7 Å². The van der Waals surface area contributed by atoms with Crippen LogP contribution in [0.25, 0.3) is 0 Å². The van der Waals surface area contributed by atoms with Crippen molar-refractivity contribution in [1.82, 2.24) is 10.2 Å². The van der Waals surface area contributed by atoms with Crippen molar-refractivity contribution in [2.75, 3.05) is 26.2 Å². The van der Waals surface area contributed by atoms with Gasteiger partial charge in [0.25, 0.3) is 0 Å². The molecule has 2 aliphatic rings. The van der Waals surface area contributed by atoms with E-state index in [4.69, 9.17) is 0 Å². The van der Waals surface area contributed by atoms with E-state index in [0.29, 0.717) is 5.92 Å². The summed E-state index contributed by atoms with van der Waals surface area (Å²) in [6, 6.07) is 3.16. The molecule has 1 aliphatic heterocycles. The molecule has 0 unspecified atom stereocenters. The molecule has 1 aromatic carbocycles. The second-order valence-electron chi connectivity index (χ2n) is 6.42. The van der Waals surface area contributed by atoms with Crippen molar-refractivity contribution in [3.63, 3.8) is 0 Å². The summed E-state index contributed by atoms with van der Waals surface area (Å²) in [5, 5.41) is 13.7. The highest BCUT2D eigenvalue weighted by atomic mass is 79.9. The molecule has 122 valence electrons. The Morgan fingerprint density at radius 3 is 2.55 bits per heavy atom. The van der Waals surface area contributed by atoms with E-state index in [1.54, 1.807) is 6.07 Å². The van der Waals surface area contributed by atoms with Crippen molar-refractivity contribution in [2.24, 2.45) is 5.92 Å². The van der Waals surface area contributed by atoms with Gasteiger partial charge in [0.15, 0.2) is 11.6 Å². The summed E-state index contributed by atoms with van der Waals surface area (Å²) in [6.45, 7) is 3.81. The lowest BCUT2D eigenvalue weighted by Crippen LogP contribution is -2.47. The van der Waals surface area contributed by atoms with Gasteiger partial charge in [-0.05, 0) is 30.9 Å². The normalized spacial score (nSPS) is 22.6. The Kier molecular flexibility index (Phi) is 5.37. The lowest BCUT2D eigenvalue weighted by molar-refractivity contribution is 0.100. The third kappa shape index (κ3) is 3.31. The third-order valence-corrected chi connectivity index (χ3v) is 5.74. The highest BCUT2D eigenvalue weighted by Crippen LogP contribution is 2.45. The Bertz CT molecular complexity index is 496. The fraction of sp³-hybridized carbons (Fsp3) is 0.647. The number of phenolic OH excluding ortho intramolecular Hbond substituents is 1. The van der Waals surface area contributed by atoms with Crippen molar-refractivity contribution >= 4 is 15.9 Å². The molecule has 22 heavy (non-hydrogen) atoms. The summed E-state index contributed by atoms with van der Waals surface area (Å²) >= 11 is 3.55. The van der Waals surface area contributed by atoms with Crippen molar-refractivity contribution in [3.8, 4) is 5.75 Å². The predicted octanol–water partition coefficient (Wildman–Crippen LogP) is 3.82. The largest absolute Gasteiger partial charge is 0.505 e. The minimum absolute atomic E-state index is 0.104. The average Bonchev–Trinajstić information content (AvgIpc) is 2.57. The number of piperazine rings is 1. The predicted molar refractivity (Wildman–Crippen MR) is 89.5 cm³/mol. The molecular formula is C17H24BrFN2O. The quantitative estimate of drug-likeness (QED) is 0.848. The SMILES string of the molecule is Oc1c(F)ccc(Br)c1[C@H](C1CCCCC1)N1CCNCC1. The second-order valence-corrected chi connectivity index (χ2v) is 7.27. The van der Waals surface area contributed by atoms with Gasteiger partial charge in [-0.3, -0.25) is 4.90 Å². The minimum atomic E-state index is -0.519. The standard InChI is InChI=1S/C17H24BrFN2O/c18-13-6-7-14(19)17(22)15(13)16(12-4-2-1-3-5-12)21-10-8-20-9-11-21/h6-7,12,16,20,22H,1-5,8-11H2/t16-/m0/s1. The monoisotopic (exact) mass is 370 g/mol. The van der Waals surface area contributed by atoms with Gasteiger partial charge in [-0.1, -0.05) is 35.2 Å². The molecule has 1 saturated carbocycles. The molecule has 5 heteroatoms. The van der Waals surface area contributed by atoms with Crippen LogP contribution >= 0.6 is 15.9 Å². The first-order valence-electron chi connectivity index (χ1n) is 8.30. The van der Waals surface area contributed by atoms with Gasteiger partial charge in [0.05, 0.1) is 0 Å². The molecule has 0 bridgehead atoms. The van der Waals surface area contributed by atoms with Crippen molar-refractivity contribution in [3.05, 3.63) is 28.0 Å². The molecule has 1 saturated heterocycles. The number of phenols is 1. The molecule has 1 aliphatic carbocycles. The van der Waals surface area contributed by atoms with Crippen LogP contribution in [0, 0.1) is 11.7 Å². The molecule has 2 N–H and O–H groups in total. The van der Waals surface area contributed by atoms with Crippen LogP contribution in [0.3, 0.4) is 0 Å². The van der Waals surface area contributed by atoms with Gasteiger partial charge in [0, 0.05) is 42.3 Å². The van der Waals surface area contributed by atoms with Crippen LogP contribution in [0.2, 0.25) is 0 Å². The van der Waals surface area contributed by atoms with E-state index in [2.05, 4.69) is 26.1 Å². The van der Waals surface area contributed by atoms with Crippen LogP contribution in [0.15, 0.2) is 16.6 Å². The molecule has 1 atom stereocenters. The van der Waals surface area contributed by atoms with Gasteiger partial charge in [-0.25, -0.2) is 4.39 Å². The number of hydrogen-bond donors (Lipinski definition) is 2. The zero-order valence-corrected chi connectivity index (χ0v) is 14.4. The molecular weight excluding hydrogens is 347 g/mol. The first-order chi connectivity index (χ1) is 10.7. The second kappa shape index (κ2) is 7.28. The highest BCUT2D eigenvalue weighted by molar-refractivity contribution is 9.10. The molecule has 3 nitrogen and oxygen atoms in total. The number of nitrogens with one attached hydrogen (secondary N) is 1. The lowest BCUT2D eigenvalue weighted by Gasteiger charge is -2.41. The lowest BCUT2D eigenvalue weighted by atomic mass is 9.80. The number of nitrogens with zero attached hydrogens (tertiary/aromatic N) is 1. The third-order valence-electron chi connectivity index (χ3n) is 5.05. The fourth-order valence-corrected chi connectivity index (χ4v) is 4.52. The van der Waals surface area contributed by atoms with Crippen LogP contribution in [0.4, 0.5) is 4.39 Å². The Labute approximate surface area is 140 Å². The van der Waals surface area contributed by atoms with Crippen molar-refractivity contribution in [2.45, 2.75) is 38.1 Å². The number of hydrogen-bond acceptors (Lipinski definition) is 3. The van der Waals surface area contributed by atoms with Gasteiger partial charge in [-0.15, -0.1) is 0 Å². The molecule has 2 fully saturated rings. The highest BCUT2D eigenvalue weighted by Gasteiger charge is 2.34. The van der Waals surface area contributed by atoms with Gasteiger partial charge >= 0.3 is 0 Å². The number of aromatic hydroxyl groups is 1. The summed E-state index contributed by atoms with van der Waals surface area (Å²) in [5.41, 5.74) is 0.744. The molecule has 0 amide bonds. The van der Waals surface area contributed by atoms with Crippen LogP contribution in [0.5, 0.6) is 5.75 Å². The van der Waals surface area contributed by atoms with Crippen LogP contribution in [-0.2, 0) is 0 Å². The Balaban J connectivity index is 1.98. The summed E-state index contributed by atoms with van der Waals surface area (Å²) < 4.78 is 14.8. The summed E-state index contributed by atoms with van der Waals surface area (Å²) in [4.78, 5) is 2.42. The zero-order valence-electron chi connectivity index (χ0n) is 12.8. The molecule has 0 radical (unpaired) electrons. The average molecular weight is 371 g/mol. The molecule has 1 aromatic rings. The van der Waals surface area contributed by atoms with E-state index in [0.717, 1.165) is 49.1 Å². The summed E-state index contributed by atoms with van der Waals surface area (Å²) in [7, 11) is 0. The summed E-state index contributed by atoms with van der Waals surface area (Å²) in [5.74, 6) is -0.200. The summed E-state index contributed by atoms with van der Waals surface area (Å²) in [6.07, 6.45) is 6.09. The molecule has 0 spiro atoms. The van der Waals surface area contributed by atoms with E-state index in [1.807, 2.05) is 0 Å². The number of rotatable bonds is 3. The topological polar surface area (TPSA) is 35.5 Å². The Morgan fingerprint density at radius 1 is 1.18 bits per heavy atom. The maximum absolute atomic E-state index is 14.0. The maximum atomic E-state index is 14.0. The Morgan fingerprint density at radius 2 is 1.86 bits per heavy atom. The smallest absolute Gasteiger partial charge is 0.165 e. The van der Waals surface area contributed by atoms with Crippen LogP contribution < -0.4 is 5.32 Å². The fourth-order valence-electron chi connectivity index (χ4n) is 3.96. The zero-order chi connectivity index (χ0) is 15.5. The van der Waals surface area contributed by atoms with E-state index in [9.17, 15) is 9.50 Å². The first kappa shape index (κ1) is 16.2. The van der Waals surface area contributed by atoms with Crippen molar-refractivity contribution in [1.29, 1.82) is 0 Å². The minimum Gasteiger partial charge on any atom is -0.505 e. The van der Waals surface area contributed by atoms with Gasteiger partial charge < -0.3 is 10.4 Å².